The van der Waals surface area contributed by atoms with Crippen molar-refractivity contribution in [2.24, 2.45) is 0 Å². The molecule has 0 unspecified atom stereocenters. The smallest absolute Gasteiger partial charge is 0.262 e. The number of hydrogen-bond acceptors (Lipinski definition) is 3. The van der Waals surface area contributed by atoms with E-state index in [2.05, 4.69) is 26.2 Å². The summed E-state index contributed by atoms with van der Waals surface area (Å²) < 4.78 is 0.381. The molecule has 2 rings (SSSR count). The maximum atomic E-state index is 12.2. The molecule has 1 aliphatic rings. The van der Waals surface area contributed by atoms with Crippen molar-refractivity contribution in [1.29, 1.82) is 0 Å². The fourth-order valence-electron chi connectivity index (χ4n) is 1.89. The molecule has 1 aliphatic heterocycles. The van der Waals surface area contributed by atoms with Gasteiger partial charge in [0.1, 0.15) is 0 Å². The number of hydrogen-bond donors (Lipinski definition) is 2. The second-order valence-electron chi connectivity index (χ2n) is 4.12. The lowest BCUT2D eigenvalue weighted by Gasteiger charge is -2.34. The standard InChI is InChI=1S/C11H14BrN3O2/c1-7-5-13-2-3-15(7)11(17)8-4-9(12)10(16)14-6-8/h4,6-7,13H,2-3,5H2,1H3,(H,14,16)/t7-/m1/s1. The minimum atomic E-state index is -0.227. The van der Waals surface area contributed by atoms with Gasteiger partial charge in [0.05, 0.1) is 10.0 Å². The molecule has 2 N–H and O–H groups in total. The number of nitrogens with zero attached hydrogens (tertiary/aromatic N) is 1. The minimum Gasteiger partial charge on any atom is -0.333 e. The number of aromatic amines is 1. The van der Waals surface area contributed by atoms with Gasteiger partial charge in [-0.2, -0.15) is 0 Å². The van der Waals surface area contributed by atoms with Crippen LogP contribution in [-0.4, -0.2) is 41.5 Å². The van der Waals surface area contributed by atoms with E-state index in [1.165, 1.54) is 6.20 Å². The van der Waals surface area contributed by atoms with Crippen LogP contribution >= 0.6 is 15.9 Å². The summed E-state index contributed by atoms with van der Waals surface area (Å²) in [6, 6.07) is 1.73. The second-order valence-corrected chi connectivity index (χ2v) is 4.97. The van der Waals surface area contributed by atoms with Gasteiger partial charge in [0.15, 0.2) is 0 Å². The van der Waals surface area contributed by atoms with Gasteiger partial charge in [0, 0.05) is 31.9 Å². The predicted octanol–water partition coefficient (Wildman–Crippen LogP) is 0.571. The van der Waals surface area contributed by atoms with Crippen molar-refractivity contribution in [3.63, 3.8) is 0 Å². The molecule has 1 saturated heterocycles. The zero-order chi connectivity index (χ0) is 12.4. The predicted molar refractivity (Wildman–Crippen MR) is 68.1 cm³/mol. The summed E-state index contributed by atoms with van der Waals surface area (Å²) in [6.07, 6.45) is 1.46. The molecular formula is C11H14BrN3O2. The molecule has 0 saturated carbocycles. The van der Waals surface area contributed by atoms with E-state index in [9.17, 15) is 9.59 Å². The summed E-state index contributed by atoms with van der Waals surface area (Å²) in [5.41, 5.74) is 0.278. The van der Waals surface area contributed by atoms with Crippen molar-refractivity contribution >= 4 is 21.8 Å². The monoisotopic (exact) mass is 299 g/mol. The first kappa shape index (κ1) is 12.3. The molecule has 0 spiro atoms. The first-order valence-electron chi connectivity index (χ1n) is 5.49. The first-order chi connectivity index (χ1) is 8.09. The number of carbonyl (C=O) groups is 1. The molecule has 92 valence electrons. The molecule has 2 heterocycles. The summed E-state index contributed by atoms with van der Waals surface area (Å²) in [6.45, 7) is 4.30. The Bertz CT molecular complexity index is 486. The first-order valence-corrected chi connectivity index (χ1v) is 6.29. The zero-order valence-electron chi connectivity index (χ0n) is 9.50. The van der Waals surface area contributed by atoms with Crippen molar-refractivity contribution in [3.05, 3.63) is 32.7 Å². The Hall–Kier alpha value is -1.14. The van der Waals surface area contributed by atoms with E-state index >= 15 is 0 Å². The maximum Gasteiger partial charge on any atom is 0.262 e. The van der Waals surface area contributed by atoms with Crippen molar-refractivity contribution < 1.29 is 4.79 Å². The van der Waals surface area contributed by atoms with Gasteiger partial charge >= 0.3 is 0 Å². The van der Waals surface area contributed by atoms with Crippen LogP contribution in [0.25, 0.3) is 0 Å². The maximum absolute atomic E-state index is 12.2. The van der Waals surface area contributed by atoms with E-state index in [0.717, 1.165) is 13.1 Å². The van der Waals surface area contributed by atoms with Gasteiger partial charge in [0.25, 0.3) is 11.5 Å². The molecule has 1 atom stereocenters. The average Bonchev–Trinajstić information content (AvgIpc) is 2.32. The zero-order valence-corrected chi connectivity index (χ0v) is 11.1. The third kappa shape index (κ3) is 2.58. The minimum absolute atomic E-state index is 0.0454. The second kappa shape index (κ2) is 5.01. The normalized spacial score (nSPS) is 20.4. The van der Waals surface area contributed by atoms with Crippen LogP contribution in [0.5, 0.6) is 0 Å². The lowest BCUT2D eigenvalue weighted by Crippen LogP contribution is -2.52. The molecule has 1 amide bonds. The van der Waals surface area contributed by atoms with Gasteiger partial charge in [0.2, 0.25) is 0 Å². The number of H-pyrrole nitrogens is 1. The van der Waals surface area contributed by atoms with Gasteiger partial charge in [-0.15, -0.1) is 0 Å². The Morgan fingerprint density at radius 2 is 2.35 bits per heavy atom. The van der Waals surface area contributed by atoms with E-state index in [0.29, 0.717) is 16.6 Å². The van der Waals surface area contributed by atoms with E-state index < -0.39 is 0 Å². The van der Waals surface area contributed by atoms with Gasteiger partial charge in [-0.05, 0) is 28.9 Å². The van der Waals surface area contributed by atoms with Crippen LogP contribution in [0.4, 0.5) is 0 Å². The SMILES string of the molecule is C[C@@H]1CNCCN1C(=O)c1c[nH]c(=O)c(Br)c1. The van der Waals surface area contributed by atoms with Crippen molar-refractivity contribution in [2.45, 2.75) is 13.0 Å². The number of piperazine rings is 1. The number of pyridine rings is 1. The fraction of sp³-hybridized carbons (Fsp3) is 0.455. The quantitative estimate of drug-likeness (QED) is 0.797. The summed E-state index contributed by atoms with van der Waals surface area (Å²) in [4.78, 5) is 27.8. The van der Waals surface area contributed by atoms with E-state index in [1.807, 2.05) is 11.8 Å². The lowest BCUT2D eigenvalue weighted by atomic mass is 10.1. The number of carbonyl (C=O) groups excluding carboxylic acids is 1. The molecule has 1 aromatic heterocycles. The van der Waals surface area contributed by atoms with E-state index in [1.54, 1.807) is 6.07 Å². The van der Waals surface area contributed by atoms with Gasteiger partial charge < -0.3 is 15.2 Å². The summed E-state index contributed by atoms with van der Waals surface area (Å²) in [5, 5.41) is 3.23. The van der Waals surface area contributed by atoms with E-state index in [4.69, 9.17) is 0 Å². The summed E-state index contributed by atoms with van der Waals surface area (Å²) >= 11 is 3.13. The Morgan fingerprint density at radius 3 is 3.00 bits per heavy atom. The number of rotatable bonds is 1. The average molecular weight is 300 g/mol. The highest BCUT2D eigenvalue weighted by atomic mass is 79.9. The Balaban J connectivity index is 2.23. The third-order valence-electron chi connectivity index (χ3n) is 2.87. The molecule has 0 bridgehead atoms. The van der Waals surface area contributed by atoms with Crippen molar-refractivity contribution in [3.8, 4) is 0 Å². The summed E-state index contributed by atoms with van der Waals surface area (Å²) in [7, 11) is 0. The highest BCUT2D eigenvalue weighted by molar-refractivity contribution is 9.10. The Kier molecular flexibility index (Phi) is 3.63. The van der Waals surface area contributed by atoms with Crippen LogP contribution in [0, 0.1) is 0 Å². The summed E-state index contributed by atoms with van der Waals surface area (Å²) in [5.74, 6) is -0.0454. The van der Waals surface area contributed by atoms with Crippen LogP contribution < -0.4 is 10.9 Å². The van der Waals surface area contributed by atoms with E-state index in [-0.39, 0.29) is 17.5 Å². The van der Waals surface area contributed by atoms with Crippen molar-refractivity contribution in [2.75, 3.05) is 19.6 Å². The van der Waals surface area contributed by atoms with Crippen LogP contribution in [0.15, 0.2) is 21.5 Å². The Morgan fingerprint density at radius 1 is 1.59 bits per heavy atom. The molecular weight excluding hydrogens is 286 g/mol. The topological polar surface area (TPSA) is 65.2 Å². The lowest BCUT2D eigenvalue weighted by molar-refractivity contribution is 0.0655. The highest BCUT2D eigenvalue weighted by Gasteiger charge is 2.24. The number of halogens is 1. The molecule has 0 radical (unpaired) electrons. The molecule has 1 fully saturated rings. The molecule has 5 nitrogen and oxygen atoms in total. The molecule has 6 heteroatoms. The number of amides is 1. The molecule has 0 aliphatic carbocycles. The van der Waals surface area contributed by atoms with Gasteiger partial charge in [-0.3, -0.25) is 9.59 Å². The van der Waals surface area contributed by atoms with Gasteiger partial charge in [-0.1, -0.05) is 0 Å². The van der Waals surface area contributed by atoms with Crippen LogP contribution in [0.3, 0.4) is 0 Å². The van der Waals surface area contributed by atoms with Crippen LogP contribution in [0.1, 0.15) is 17.3 Å². The molecule has 1 aromatic rings. The van der Waals surface area contributed by atoms with Crippen LogP contribution in [-0.2, 0) is 0 Å². The Labute approximate surface area is 107 Å². The van der Waals surface area contributed by atoms with Crippen LogP contribution in [0.2, 0.25) is 0 Å². The molecule has 17 heavy (non-hydrogen) atoms. The van der Waals surface area contributed by atoms with Gasteiger partial charge in [-0.25, -0.2) is 0 Å². The molecule has 0 aromatic carbocycles. The van der Waals surface area contributed by atoms with Crippen molar-refractivity contribution in [1.82, 2.24) is 15.2 Å². The highest BCUT2D eigenvalue weighted by Crippen LogP contribution is 2.11. The number of nitrogens with one attached hydrogen (secondary N) is 2. The number of aromatic nitrogens is 1. The largest absolute Gasteiger partial charge is 0.333 e. The fourth-order valence-corrected chi connectivity index (χ4v) is 2.25. The third-order valence-corrected chi connectivity index (χ3v) is 3.46.